The van der Waals surface area contributed by atoms with E-state index >= 15 is 0 Å². The molecule has 0 aliphatic carbocycles. The van der Waals surface area contributed by atoms with Crippen molar-refractivity contribution in [3.05, 3.63) is 83.2 Å². The summed E-state index contributed by atoms with van der Waals surface area (Å²) >= 11 is 2.72. The SMILES string of the molecule is COC(=O)C1=C(C)N=c2s/c(=C\c3ccc(OC(C)=O)cc3)c(=O)n2C1c1cccs1. The van der Waals surface area contributed by atoms with Gasteiger partial charge in [0.15, 0.2) is 4.80 Å². The Labute approximate surface area is 185 Å². The van der Waals surface area contributed by atoms with Crippen LogP contribution in [-0.2, 0) is 14.3 Å². The van der Waals surface area contributed by atoms with Crippen LogP contribution in [0.2, 0.25) is 0 Å². The average Bonchev–Trinajstić information content (AvgIpc) is 3.36. The molecule has 3 aromatic rings. The van der Waals surface area contributed by atoms with Gasteiger partial charge in [-0.15, -0.1) is 11.3 Å². The van der Waals surface area contributed by atoms with Gasteiger partial charge < -0.3 is 9.47 Å². The third-order valence-corrected chi connectivity index (χ3v) is 6.59. The maximum absolute atomic E-state index is 13.3. The summed E-state index contributed by atoms with van der Waals surface area (Å²) in [4.78, 5) is 42.8. The number of esters is 2. The summed E-state index contributed by atoms with van der Waals surface area (Å²) in [6.45, 7) is 3.08. The molecule has 1 atom stereocenters. The van der Waals surface area contributed by atoms with Crippen LogP contribution < -0.4 is 19.6 Å². The largest absolute Gasteiger partial charge is 0.466 e. The number of hydrogen-bond acceptors (Lipinski definition) is 8. The quantitative estimate of drug-likeness (QED) is 0.446. The van der Waals surface area contributed by atoms with Gasteiger partial charge in [0.1, 0.15) is 11.8 Å². The number of allylic oxidation sites excluding steroid dienone is 1. The molecule has 0 saturated heterocycles. The molecule has 31 heavy (non-hydrogen) atoms. The minimum absolute atomic E-state index is 0.236. The smallest absolute Gasteiger partial charge is 0.338 e. The van der Waals surface area contributed by atoms with E-state index in [9.17, 15) is 14.4 Å². The summed E-state index contributed by atoms with van der Waals surface area (Å²) < 4.78 is 12.1. The fraction of sp³-hybridized carbons (Fsp3) is 0.182. The van der Waals surface area contributed by atoms with Crippen molar-refractivity contribution in [2.45, 2.75) is 19.9 Å². The summed E-state index contributed by atoms with van der Waals surface area (Å²) in [5, 5.41) is 1.90. The molecule has 1 aliphatic rings. The minimum Gasteiger partial charge on any atom is -0.466 e. The minimum atomic E-state index is -0.586. The molecule has 7 nitrogen and oxygen atoms in total. The van der Waals surface area contributed by atoms with Crippen LogP contribution in [0.1, 0.15) is 30.3 Å². The molecule has 158 valence electrons. The topological polar surface area (TPSA) is 87.0 Å². The van der Waals surface area contributed by atoms with E-state index < -0.39 is 18.0 Å². The second-order valence-electron chi connectivity index (χ2n) is 6.75. The number of hydrogen-bond donors (Lipinski definition) is 0. The van der Waals surface area contributed by atoms with Crippen LogP contribution in [0.3, 0.4) is 0 Å². The number of thiophene rings is 1. The van der Waals surface area contributed by atoms with Gasteiger partial charge in [0.25, 0.3) is 5.56 Å². The molecule has 0 N–H and O–H groups in total. The number of rotatable bonds is 4. The Hall–Kier alpha value is -3.30. The van der Waals surface area contributed by atoms with Crippen LogP contribution in [0, 0.1) is 0 Å². The van der Waals surface area contributed by atoms with E-state index in [0.717, 1.165) is 10.4 Å². The van der Waals surface area contributed by atoms with Gasteiger partial charge in [0, 0.05) is 11.8 Å². The first kappa shape index (κ1) is 21.0. The number of carbonyl (C=O) groups excluding carboxylic acids is 2. The van der Waals surface area contributed by atoms with Gasteiger partial charge in [0.05, 0.1) is 22.9 Å². The highest BCUT2D eigenvalue weighted by molar-refractivity contribution is 7.10. The zero-order valence-electron chi connectivity index (χ0n) is 16.9. The first-order chi connectivity index (χ1) is 14.9. The van der Waals surface area contributed by atoms with Gasteiger partial charge in [-0.1, -0.05) is 29.5 Å². The normalized spacial score (nSPS) is 16.0. The predicted molar refractivity (Wildman–Crippen MR) is 118 cm³/mol. The Morgan fingerprint density at radius 3 is 2.55 bits per heavy atom. The average molecular weight is 455 g/mol. The van der Waals surface area contributed by atoms with Crippen molar-refractivity contribution in [1.29, 1.82) is 0 Å². The Morgan fingerprint density at radius 1 is 1.19 bits per heavy atom. The summed E-state index contributed by atoms with van der Waals surface area (Å²) in [5.74, 6) is -0.469. The van der Waals surface area contributed by atoms with Crippen molar-refractivity contribution in [2.75, 3.05) is 7.11 Å². The summed E-state index contributed by atoms with van der Waals surface area (Å²) in [6.07, 6.45) is 1.75. The van der Waals surface area contributed by atoms with E-state index in [0.29, 0.717) is 26.4 Å². The Balaban J connectivity index is 1.85. The Kier molecular flexibility index (Phi) is 5.71. The fourth-order valence-corrected chi connectivity index (χ4v) is 5.23. The molecule has 0 bridgehead atoms. The molecule has 3 heterocycles. The van der Waals surface area contributed by atoms with E-state index in [1.165, 1.54) is 36.7 Å². The van der Waals surface area contributed by atoms with Crippen molar-refractivity contribution in [3.63, 3.8) is 0 Å². The van der Waals surface area contributed by atoms with E-state index in [-0.39, 0.29) is 5.56 Å². The molecule has 0 fully saturated rings. The standard InChI is InChI=1S/C22H18N2O5S2/c1-12-18(21(27)28-3)19(16-5-4-10-30-16)24-20(26)17(31-22(24)23-12)11-14-6-8-15(9-7-14)29-13(2)25/h4-11,19H,1-3H3/b17-11-. The van der Waals surface area contributed by atoms with Gasteiger partial charge in [-0.05, 0) is 42.1 Å². The van der Waals surface area contributed by atoms with Gasteiger partial charge >= 0.3 is 11.9 Å². The number of benzene rings is 1. The van der Waals surface area contributed by atoms with Crippen LogP contribution in [0.25, 0.3) is 6.08 Å². The zero-order valence-corrected chi connectivity index (χ0v) is 18.6. The monoisotopic (exact) mass is 454 g/mol. The summed E-state index contributed by atoms with van der Waals surface area (Å²) in [7, 11) is 1.32. The van der Waals surface area contributed by atoms with Gasteiger partial charge in [-0.25, -0.2) is 9.79 Å². The van der Waals surface area contributed by atoms with Crippen LogP contribution in [0.15, 0.2) is 62.8 Å². The number of aromatic nitrogens is 1. The highest BCUT2D eigenvalue weighted by Gasteiger charge is 2.33. The lowest BCUT2D eigenvalue weighted by Gasteiger charge is -2.22. The van der Waals surface area contributed by atoms with Gasteiger partial charge in [0.2, 0.25) is 0 Å². The van der Waals surface area contributed by atoms with E-state index in [2.05, 4.69) is 4.99 Å². The number of fused-ring (bicyclic) bond motifs is 1. The van der Waals surface area contributed by atoms with Gasteiger partial charge in [-0.2, -0.15) is 0 Å². The highest BCUT2D eigenvalue weighted by atomic mass is 32.1. The van der Waals surface area contributed by atoms with Crippen LogP contribution in [0.5, 0.6) is 5.75 Å². The molecule has 0 amide bonds. The number of carbonyl (C=O) groups is 2. The van der Waals surface area contributed by atoms with Crippen molar-refractivity contribution in [2.24, 2.45) is 4.99 Å². The highest BCUT2D eigenvalue weighted by Crippen LogP contribution is 2.32. The van der Waals surface area contributed by atoms with E-state index in [4.69, 9.17) is 9.47 Å². The Bertz CT molecular complexity index is 1360. The van der Waals surface area contributed by atoms with Crippen molar-refractivity contribution in [3.8, 4) is 5.75 Å². The van der Waals surface area contributed by atoms with Crippen LogP contribution >= 0.6 is 22.7 Å². The molecule has 4 rings (SSSR count). The number of nitrogens with zero attached hydrogens (tertiary/aromatic N) is 2. The lowest BCUT2D eigenvalue weighted by Crippen LogP contribution is -2.39. The molecule has 1 unspecified atom stereocenters. The van der Waals surface area contributed by atoms with Gasteiger partial charge in [-0.3, -0.25) is 14.2 Å². The molecule has 1 aromatic carbocycles. The molecule has 0 spiro atoms. The fourth-order valence-electron chi connectivity index (χ4n) is 3.36. The Morgan fingerprint density at radius 2 is 1.94 bits per heavy atom. The molecule has 0 radical (unpaired) electrons. The van der Waals surface area contributed by atoms with Crippen molar-refractivity contribution < 1.29 is 19.1 Å². The molecular weight excluding hydrogens is 436 g/mol. The number of methoxy groups -OCH3 is 1. The van der Waals surface area contributed by atoms with E-state index in [1.807, 2.05) is 17.5 Å². The molecule has 0 saturated carbocycles. The van der Waals surface area contributed by atoms with E-state index in [1.54, 1.807) is 41.8 Å². The lowest BCUT2D eigenvalue weighted by atomic mass is 10.0. The zero-order chi connectivity index (χ0) is 22.1. The van der Waals surface area contributed by atoms with Crippen LogP contribution in [-0.4, -0.2) is 23.6 Å². The third-order valence-electron chi connectivity index (χ3n) is 4.68. The van der Waals surface area contributed by atoms with Crippen molar-refractivity contribution >= 4 is 40.7 Å². The lowest BCUT2D eigenvalue weighted by molar-refractivity contribution is -0.136. The molecule has 9 heteroatoms. The summed E-state index contributed by atoms with van der Waals surface area (Å²) in [6, 6.07) is 10.0. The summed E-state index contributed by atoms with van der Waals surface area (Å²) in [5.41, 5.74) is 1.43. The molecule has 1 aliphatic heterocycles. The maximum Gasteiger partial charge on any atom is 0.338 e. The second kappa shape index (κ2) is 8.44. The first-order valence-corrected chi connectivity index (χ1v) is 11.0. The molecular formula is C22H18N2O5S2. The van der Waals surface area contributed by atoms with Crippen LogP contribution in [0.4, 0.5) is 0 Å². The maximum atomic E-state index is 13.3. The first-order valence-electron chi connectivity index (χ1n) is 9.32. The number of thiazole rings is 1. The predicted octanol–water partition coefficient (Wildman–Crippen LogP) is 2.40. The number of ether oxygens (including phenoxy) is 2. The molecule has 2 aromatic heterocycles. The second-order valence-corrected chi connectivity index (χ2v) is 8.74. The third kappa shape index (κ3) is 4.01. The van der Waals surface area contributed by atoms with Crippen molar-refractivity contribution in [1.82, 2.24) is 4.57 Å².